The van der Waals surface area contributed by atoms with Crippen molar-refractivity contribution >= 4 is 37.2 Å². The summed E-state index contributed by atoms with van der Waals surface area (Å²) in [4.78, 5) is 21.6. The molecule has 0 aliphatic rings. The maximum atomic E-state index is 10.8. The van der Waals surface area contributed by atoms with E-state index in [0.29, 0.717) is 37.4 Å². The van der Waals surface area contributed by atoms with Crippen LogP contribution in [-0.2, 0) is 9.59 Å². The molecule has 0 fully saturated rings. The molecule has 0 spiro atoms. The minimum Gasteiger partial charge on any atom is -0.480 e. The smallest absolute Gasteiger partial charge is 0.320 e. The minimum absolute atomic E-state index is 0.390. The number of aliphatic carboxylic acids is 2. The third-order valence-corrected chi connectivity index (χ3v) is 2.85. The van der Waals surface area contributed by atoms with E-state index in [-0.39, 0.29) is 0 Å². The largest absolute Gasteiger partial charge is 0.480 e. The molecule has 0 saturated heterocycles. The fourth-order valence-corrected chi connectivity index (χ4v) is 1.89. The van der Waals surface area contributed by atoms with Crippen molar-refractivity contribution in [2.75, 3.05) is 24.6 Å². The number of carboxylic acids is 2. The molecular formula is C10H20N2O4S2. The van der Waals surface area contributed by atoms with Crippen molar-refractivity contribution in [2.24, 2.45) is 0 Å². The van der Waals surface area contributed by atoms with Crippen molar-refractivity contribution in [3.05, 3.63) is 0 Å². The van der Waals surface area contributed by atoms with Crippen molar-refractivity contribution in [1.29, 1.82) is 0 Å². The number of rotatable bonds is 11. The summed E-state index contributed by atoms with van der Waals surface area (Å²) >= 11 is 7.96. The van der Waals surface area contributed by atoms with E-state index in [1.165, 1.54) is 0 Å². The number of hydrogen-bond acceptors (Lipinski definition) is 6. The zero-order valence-electron chi connectivity index (χ0n) is 10.0. The van der Waals surface area contributed by atoms with Gasteiger partial charge in [0.05, 0.1) is 0 Å². The number of carbonyl (C=O) groups is 2. The predicted octanol–water partition coefficient (Wildman–Crippen LogP) is -0.288. The molecule has 106 valence electrons. The molecule has 0 heterocycles. The van der Waals surface area contributed by atoms with Crippen LogP contribution >= 0.6 is 25.3 Å². The van der Waals surface area contributed by atoms with Crippen LogP contribution in [0.2, 0.25) is 0 Å². The van der Waals surface area contributed by atoms with Crippen LogP contribution in [-0.4, -0.2) is 58.8 Å². The van der Waals surface area contributed by atoms with E-state index in [1.54, 1.807) is 0 Å². The van der Waals surface area contributed by atoms with E-state index >= 15 is 0 Å². The lowest BCUT2D eigenvalue weighted by Gasteiger charge is -2.16. The highest BCUT2D eigenvalue weighted by Gasteiger charge is 2.17. The molecule has 0 rings (SSSR count). The minimum atomic E-state index is -0.922. The molecule has 0 amide bonds. The lowest BCUT2D eigenvalue weighted by Crippen LogP contribution is -2.44. The van der Waals surface area contributed by atoms with Crippen molar-refractivity contribution < 1.29 is 19.8 Å². The van der Waals surface area contributed by atoms with Crippen LogP contribution in [0.4, 0.5) is 0 Å². The molecule has 0 aromatic carbocycles. The molecule has 6 nitrogen and oxygen atoms in total. The molecule has 8 heteroatoms. The molecule has 0 radical (unpaired) electrons. The topological polar surface area (TPSA) is 98.7 Å². The second-order valence-electron chi connectivity index (χ2n) is 3.71. The van der Waals surface area contributed by atoms with Crippen molar-refractivity contribution in [1.82, 2.24) is 10.6 Å². The van der Waals surface area contributed by atoms with Gasteiger partial charge in [-0.1, -0.05) is 0 Å². The first-order chi connectivity index (χ1) is 8.52. The first-order valence-corrected chi connectivity index (χ1v) is 6.93. The van der Waals surface area contributed by atoms with E-state index in [2.05, 4.69) is 35.9 Å². The van der Waals surface area contributed by atoms with Gasteiger partial charge in [0, 0.05) is 13.1 Å². The Bertz CT molecular complexity index is 240. The fraction of sp³-hybridized carbons (Fsp3) is 0.800. The summed E-state index contributed by atoms with van der Waals surface area (Å²) in [5.74, 6) is -0.882. The Hall–Kier alpha value is -0.440. The van der Waals surface area contributed by atoms with Crippen LogP contribution in [0.15, 0.2) is 0 Å². The molecule has 18 heavy (non-hydrogen) atoms. The van der Waals surface area contributed by atoms with Gasteiger partial charge in [-0.2, -0.15) is 25.3 Å². The van der Waals surface area contributed by atoms with Crippen LogP contribution < -0.4 is 10.6 Å². The number of hydrogen-bond donors (Lipinski definition) is 6. The maximum Gasteiger partial charge on any atom is 0.320 e. The quantitative estimate of drug-likeness (QED) is 0.232. The second kappa shape index (κ2) is 10.5. The summed E-state index contributed by atoms with van der Waals surface area (Å²) in [5.41, 5.74) is 0. The van der Waals surface area contributed by atoms with Gasteiger partial charge in [0.25, 0.3) is 0 Å². The van der Waals surface area contributed by atoms with Crippen LogP contribution in [0, 0.1) is 0 Å². The second-order valence-corrected chi connectivity index (χ2v) is 4.61. The van der Waals surface area contributed by atoms with Crippen LogP contribution in [0.5, 0.6) is 0 Å². The lowest BCUT2D eigenvalue weighted by molar-refractivity contribution is -0.140. The predicted molar refractivity (Wildman–Crippen MR) is 75.8 cm³/mol. The number of carboxylic acid groups (broad SMARTS) is 2. The number of thiol groups is 2. The standard InChI is InChI=1S/C10H20N2O4S2/c13-9(14)7(1-5-17)11-3-4-12-8(2-6-18)10(15)16/h7-8,11-12,17-18H,1-6H2,(H,13,14)(H,15,16). The molecular weight excluding hydrogens is 276 g/mol. The Labute approximate surface area is 117 Å². The Balaban J connectivity index is 3.87. The Kier molecular flexibility index (Phi) is 10.2. The van der Waals surface area contributed by atoms with Crippen LogP contribution in [0.25, 0.3) is 0 Å². The molecule has 0 aromatic rings. The van der Waals surface area contributed by atoms with E-state index in [9.17, 15) is 9.59 Å². The first kappa shape index (κ1) is 17.6. The molecule has 4 N–H and O–H groups in total. The zero-order chi connectivity index (χ0) is 14.0. The van der Waals surface area contributed by atoms with E-state index in [0.717, 1.165) is 0 Å². The van der Waals surface area contributed by atoms with Crippen LogP contribution in [0.1, 0.15) is 12.8 Å². The summed E-state index contributed by atoms with van der Waals surface area (Å²) in [7, 11) is 0. The van der Waals surface area contributed by atoms with Gasteiger partial charge in [-0.05, 0) is 24.3 Å². The third kappa shape index (κ3) is 7.80. The lowest BCUT2D eigenvalue weighted by atomic mass is 10.2. The Morgan fingerprint density at radius 1 is 0.889 bits per heavy atom. The summed E-state index contributed by atoms with van der Waals surface area (Å²) in [6, 6.07) is -1.28. The van der Waals surface area contributed by atoms with Gasteiger partial charge in [-0.25, -0.2) is 0 Å². The van der Waals surface area contributed by atoms with E-state index < -0.39 is 24.0 Å². The highest BCUT2D eigenvalue weighted by atomic mass is 32.1. The van der Waals surface area contributed by atoms with Gasteiger partial charge >= 0.3 is 11.9 Å². The summed E-state index contributed by atoms with van der Waals surface area (Å²) in [6.45, 7) is 0.780. The van der Waals surface area contributed by atoms with Gasteiger partial charge in [0.15, 0.2) is 0 Å². The summed E-state index contributed by atoms with van der Waals surface area (Å²) in [6.07, 6.45) is 0.856. The molecule has 0 aliphatic heterocycles. The van der Waals surface area contributed by atoms with E-state index in [4.69, 9.17) is 10.2 Å². The summed E-state index contributed by atoms with van der Waals surface area (Å²) in [5, 5.41) is 23.4. The highest BCUT2D eigenvalue weighted by Crippen LogP contribution is 1.95. The Morgan fingerprint density at radius 2 is 1.22 bits per heavy atom. The zero-order valence-corrected chi connectivity index (χ0v) is 11.8. The monoisotopic (exact) mass is 296 g/mol. The fourth-order valence-electron chi connectivity index (χ4n) is 1.38. The Morgan fingerprint density at radius 3 is 1.44 bits per heavy atom. The number of nitrogens with one attached hydrogen (secondary N) is 2. The normalized spacial score (nSPS) is 14.1. The average Bonchev–Trinajstić information content (AvgIpc) is 2.30. The molecule has 0 bridgehead atoms. The summed E-state index contributed by atoms with van der Waals surface area (Å²) < 4.78 is 0. The van der Waals surface area contributed by atoms with E-state index in [1.807, 2.05) is 0 Å². The van der Waals surface area contributed by atoms with Crippen molar-refractivity contribution in [2.45, 2.75) is 24.9 Å². The SMILES string of the molecule is O=C(O)C(CCS)NCCNC(CCS)C(=O)O. The van der Waals surface area contributed by atoms with Gasteiger partial charge < -0.3 is 20.8 Å². The molecule has 2 atom stereocenters. The highest BCUT2D eigenvalue weighted by molar-refractivity contribution is 7.80. The maximum absolute atomic E-state index is 10.8. The third-order valence-electron chi connectivity index (χ3n) is 2.34. The van der Waals surface area contributed by atoms with Gasteiger partial charge in [-0.3, -0.25) is 9.59 Å². The van der Waals surface area contributed by atoms with Gasteiger partial charge in [0.1, 0.15) is 12.1 Å². The molecule has 0 aliphatic carbocycles. The van der Waals surface area contributed by atoms with Gasteiger partial charge in [-0.15, -0.1) is 0 Å². The van der Waals surface area contributed by atoms with Crippen LogP contribution in [0.3, 0.4) is 0 Å². The molecule has 0 saturated carbocycles. The van der Waals surface area contributed by atoms with Crippen molar-refractivity contribution in [3.8, 4) is 0 Å². The average molecular weight is 296 g/mol. The van der Waals surface area contributed by atoms with Gasteiger partial charge in [0.2, 0.25) is 0 Å². The van der Waals surface area contributed by atoms with Crippen molar-refractivity contribution in [3.63, 3.8) is 0 Å². The molecule has 0 aromatic heterocycles. The first-order valence-electron chi connectivity index (χ1n) is 5.67. The molecule has 2 unspecified atom stereocenters.